The number of hydrogen-bond acceptors (Lipinski definition) is 5. The lowest BCUT2D eigenvalue weighted by Gasteiger charge is -2.14. The Labute approximate surface area is 242 Å². The lowest BCUT2D eigenvalue weighted by atomic mass is 10.1. The minimum Gasteiger partial charge on any atom is -0.493 e. The van der Waals surface area contributed by atoms with Gasteiger partial charge in [-0.05, 0) is 64.2 Å². The molecule has 4 aromatic rings. The van der Waals surface area contributed by atoms with E-state index in [1.807, 2.05) is 61.5 Å². The molecule has 2 N–H and O–H groups in total. The van der Waals surface area contributed by atoms with E-state index in [-0.39, 0.29) is 17.3 Å². The monoisotopic (exact) mass is 569 g/mol. The normalized spacial score (nSPS) is 13.9. The summed E-state index contributed by atoms with van der Waals surface area (Å²) in [6, 6.07) is 24.1. The number of benzene rings is 4. The van der Waals surface area contributed by atoms with E-state index >= 15 is 0 Å². The van der Waals surface area contributed by atoms with Crippen molar-refractivity contribution >= 4 is 52.0 Å². The summed E-state index contributed by atoms with van der Waals surface area (Å²) in [5.41, 5.74) is 3.09. The largest absolute Gasteiger partial charge is 0.493 e. The van der Waals surface area contributed by atoms with E-state index in [4.69, 9.17) is 21.1 Å². The predicted octanol–water partition coefficient (Wildman–Crippen LogP) is 6.17. The number of urea groups is 1. The van der Waals surface area contributed by atoms with E-state index < -0.39 is 24.4 Å². The quantitative estimate of drug-likeness (QED) is 0.185. The van der Waals surface area contributed by atoms with Gasteiger partial charge < -0.3 is 20.1 Å². The van der Waals surface area contributed by atoms with E-state index in [9.17, 15) is 14.4 Å². The standard InChI is InChI=1S/C32H28ClN3O5/c1-3-22-8-6-7-11-26(22)34-29(37)18-36-31(38)27(35-32(36)39)16-21-15-25(33)30(28(17-21)40-2)41-19-20-12-13-23-9-4-5-10-24(23)14-20/h4-17H,3,18-19H2,1-2H3,(H,34,37)(H,35,39)/b27-16+. The zero-order valence-corrected chi connectivity index (χ0v) is 23.3. The van der Waals surface area contributed by atoms with Crippen molar-refractivity contribution < 1.29 is 23.9 Å². The Morgan fingerprint density at radius 1 is 1.00 bits per heavy atom. The van der Waals surface area contributed by atoms with Gasteiger partial charge in [-0.25, -0.2) is 9.69 Å². The number of aryl methyl sites for hydroxylation is 1. The fraction of sp³-hybridized carbons (Fsp3) is 0.156. The fourth-order valence-electron chi connectivity index (χ4n) is 4.61. The number of rotatable bonds is 9. The Morgan fingerprint density at radius 2 is 1.76 bits per heavy atom. The van der Waals surface area contributed by atoms with Crippen LogP contribution in [0, 0.1) is 0 Å². The van der Waals surface area contributed by atoms with Crippen LogP contribution in [0.1, 0.15) is 23.6 Å². The maximum absolute atomic E-state index is 13.0. The number of ether oxygens (including phenoxy) is 2. The molecule has 1 saturated heterocycles. The fourth-order valence-corrected chi connectivity index (χ4v) is 4.89. The molecule has 0 bridgehead atoms. The number of para-hydroxylation sites is 1. The molecular formula is C32H28ClN3O5. The summed E-state index contributed by atoms with van der Waals surface area (Å²) in [5, 5.41) is 7.83. The Balaban J connectivity index is 1.29. The molecule has 208 valence electrons. The topological polar surface area (TPSA) is 97.0 Å². The maximum Gasteiger partial charge on any atom is 0.329 e. The second-order valence-electron chi connectivity index (χ2n) is 9.44. The second-order valence-corrected chi connectivity index (χ2v) is 9.85. The zero-order valence-electron chi connectivity index (χ0n) is 22.6. The third-order valence-electron chi connectivity index (χ3n) is 6.70. The third-order valence-corrected chi connectivity index (χ3v) is 6.98. The minimum atomic E-state index is -0.687. The minimum absolute atomic E-state index is 0.0136. The second kappa shape index (κ2) is 12.1. The van der Waals surface area contributed by atoms with Gasteiger partial charge in [0.15, 0.2) is 11.5 Å². The SMILES string of the molecule is CCc1ccccc1NC(=O)CN1C(=O)N/C(=C/c2cc(Cl)c(OCc3ccc4ccccc4c3)c(OC)c2)C1=O. The molecule has 4 amide bonds. The lowest BCUT2D eigenvalue weighted by molar-refractivity contribution is -0.127. The molecule has 9 heteroatoms. The number of amides is 4. The molecule has 0 aliphatic carbocycles. The molecule has 0 spiro atoms. The highest BCUT2D eigenvalue weighted by Crippen LogP contribution is 2.38. The van der Waals surface area contributed by atoms with Gasteiger partial charge >= 0.3 is 6.03 Å². The molecular weight excluding hydrogens is 542 g/mol. The van der Waals surface area contributed by atoms with Crippen molar-refractivity contribution in [3.8, 4) is 11.5 Å². The lowest BCUT2D eigenvalue weighted by Crippen LogP contribution is -2.38. The summed E-state index contributed by atoms with van der Waals surface area (Å²) in [7, 11) is 1.49. The molecule has 0 atom stereocenters. The molecule has 5 rings (SSSR count). The van der Waals surface area contributed by atoms with Gasteiger partial charge in [-0.2, -0.15) is 0 Å². The van der Waals surface area contributed by atoms with Crippen LogP contribution in [0.3, 0.4) is 0 Å². The molecule has 1 heterocycles. The van der Waals surface area contributed by atoms with Crippen LogP contribution < -0.4 is 20.1 Å². The van der Waals surface area contributed by atoms with Gasteiger partial charge in [0.25, 0.3) is 5.91 Å². The van der Waals surface area contributed by atoms with Gasteiger partial charge in [0.1, 0.15) is 18.8 Å². The summed E-state index contributed by atoms with van der Waals surface area (Å²) < 4.78 is 11.5. The number of nitrogens with one attached hydrogen (secondary N) is 2. The highest BCUT2D eigenvalue weighted by Gasteiger charge is 2.35. The van der Waals surface area contributed by atoms with Crippen molar-refractivity contribution in [2.45, 2.75) is 20.0 Å². The summed E-state index contributed by atoms with van der Waals surface area (Å²) in [4.78, 5) is 39.0. The van der Waals surface area contributed by atoms with E-state index in [2.05, 4.69) is 16.7 Å². The van der Waals surface area contributed by atoms with Gasteiger partial charge in [-0.1, -0.05) is 73.1 Å². The number of imide groups is 1. The average molecular weight is 570 g/mol. The number of halogens is 1. The first kappa shape index (κ1) is 27.7. The first-order chi connectivity index (χ1) is 19.9. The number of carbonyl (C=O) groups is 3. The number of hydrogen-bond donors (Lipinski definition) is 2. The van der Waals surface area contributed by atoms with E-state index in [0.717, 1.165) is 33.2 Å². The molecule has 1 aliphatic heterocycles. The molecule has 0 radical (unpaired) electrons. The molecule has 0 saturated carbocycles. The highest BCUT2D eigenvalue weighted by molar-refractivity contribution is 6.32. The smallest absolute Gasteiger partial charge is 0.329 e. The number of carbonyl (C=O) groups excluding carboxylic acids is 3. The van der Waals surface area contributed by atoms with Gasteiger partial charge in [0, 0.05) is 5.69 Å². The van der Waals surface area contributed by atoms with Crippen LogP contribution in [0.15, 0.2) is 84.6 Å². The van der Waals surface area contributed by atoms with Crippen LogP contribution in [-0.4, -0.2) is 36.4 Å². The maximum atomic E-state index is 13.0. The Morgan fingerprint density at radius 3 is 2.54 bits per heavy atom. The first-order valence-electron chi connectivity index (χ1n) is 13.1. The summed E-state index contributed by atoms with van der Waals surface area (Å²) in [6.45, 7) is 1.83. The summed E-state index contributed by atoms with van der Waals surface area (Å²) in [6.07, 6.45) is 2.21. The van der Waals surface area contributed by atoms with Crippen LogP contribution in [0.5, 0.6) is 11.5 Å². The number of nitrogens with zero attached hydrogens (tertiary/aromatic N) is 1. The van der Waals surface area contributed by atoms with Crippen LogP contribution in [-0.2, 0) is 22.6 Å². The summed E-state index contributed by atoms with van der Waals surface area (Å²) >= 11 is 6.55. The van der Waals surface area contributed by atoms with Gasteiger partial charge in [0.2, 0.25) is 5.91 Å². The van der Waals surface area contributed by atoms with Crippen molar-refractivity contribution in [2.75, 3.05) is 19.0 Å². The van der Waals surface area contributed by atoms with Gasteiger partial charge in [-0.15, -0.1) is 0 Å². The van der Waals surface area contributed by atoms with Crippen molar-refractivity contribution in [1.82, 2.24) is 10.2 Å². The van der Waals surface area contributed by atoms with Gasteiger partial charge in [0.05, 0.1) is 12.1 Å². The molecule has 8 nitrogen and oxygen atoms in total. The molecule has 0 aromatic heterocycles. The van der Waals surface area contributed by atoms with Crippen molar-refractivity contribution in [1.29, 1.82) is 0 Å². The first-order valence-corrected chi connectivity index (χ1v) is 13.4. The summed E-state index contributed by atoms with van der Waals surface area (Å²) in [5.74, 6) is -0.376. The highest BCUT2D eigenvalue weighted by atomic mass is 35.5. The van der Waals surface area contributed by atoms with Gasteiger partial charge in [-0.3, -0.25) is 9.59 Å². The van der Waals surface area contributed by atoms with Crippen LogP contribution in [0.4, 0.5) is 10.5 Å². The Hall–Kier alpha value is -4.82. The number of fused-ring (bicyclic) bond motifs is 1. The van der Waals surface area contributed by atoms with E-state index in [1.54, 1.807) is 18.2 Å². The predicted molar refractivity (Wildman–Crippen MR) is 159 cm³/mol. The van der Waals surface area contributed by atoms with Crippen molar-refractivity contribution in [3.05, 3.63) is 106 Å². The average Bonchev–Trinajstić information content (AvgIpc) is 3.23. The third kappa shape index (κ3) is 6.18. The zero-order chi connectivity index (χ0) is 28.9. The Bertz CT molecular complexity index is 1680. The molecule has 1 fully saturated rings. The Kier molecular flexibility index (Phi) is 8.21. The van der Waals surface area contributed by atoms with Crippen molar-refractivity contribution in [3.63, 3.8) is 0 Å². The number of methoxy groups -OCH3 is 1. The molecule has 41 heavy (non-hydrogen) atoms. The van der Waals surface area contributed by atoms with E-state index in [0.29, 0.717) is 22.7 Å². The van der Waals surface area contributed by atoms with E-state index in [1.165, 1.54) is 13.2 Å². The molecule has 4 aromatic carbocycles. The molecule has 1 aliphatic rings. The van der Waals surface area contributed by atoms with Crippen molar-refractivity contribution in [2.24, 2.45) is 0 Å². The van der Waals surface area contributed by atoms with Crippen LogP contribution in [0.2, 0.25) is 5.02 Å². The van der Waals surface area contributed by atoms with Crippen LogP contribution in [0.25, 0.3) is 16.8 Å². The van der Waals surface area contributed by atoms with Crippen LogP contribution >= 0.6 is 11.6 Å². The number of anilines is 1. The molecule has 0 unspecified atom stereocenters.